The zero-order valence-electron chi connectivity index (χ0n) is 5.81. The molecule has 0 bridgehead atoms. The molecule has 0 aliphatic heterocycles. The van der Waals surface area contributed by atoms with Crippen LogP contribution >= 0.6 is 67.8 Å². The molecule has 5 heteroatoms. The minimum Gasteiger partial charge on any atom is -0.506 e. The highest BCUT2D eigenvalue weighted by atomic mass is 127. The highest BCUT2D eigenvalue weighted by Crippen LogP contribution is 2.31. The van der Waals surface area contributed by atoms with E-state index in [9.17, 15) is 5.11 Å². The molecule has 0 fully saturated rings. The minimum atomic E-state index is -0.114. The Morgan fingerprint density at radius 3 is 2.25 bits per heavy atom. The summed E-state index contributed by atoms with van der Waals surface area (Å²) in [6, 6.07) is 1.89. The number of rotatable bonds is 1. The largest absolute Gasteiger partial charge is 0.506 e. The van der Waals surface area contributed by atoms with E-state index in [2.05, 4.69) is 45.2 Å². The van der Waals surface area contributed by atoms with Crippen molar-refractivity contribution in [2.75, 3.05) is 0 Å². The van der Waals surface area contributed by atoms with Crippen molar-refractivity contribution in [3.63, 3.8) is 0 Å². The third-order valence-electron chi connectivity index (χ3n) is 1.40. The standard InChI is InChI=1S/C7H5I3O2/c8-4-1-5(9)7(12)3(2-11)6(4)10/h1,11-12H,2H2. The van der Waals surface area contributed by atoms with Gasteiger partial charge in [-0.3, -0.25) is 0 Å². The van der Waals surface area contributed by atoms with Crippen molar-refractivity contribution in [1.29, 1.82) is 0 Å². The van der Waals surface area contributed by atoms with Gasteiger partial charge in [0, 0.05) is 12.7 Å². The lowest BCUT2D eigenvalue weighted by Crippen LogP contribution is -1.94. The molecule has 0 aliphatic rings. The Morgan fingerprint density at radius 2 is 1.75 bits per heavy atom. The average Bonchev–Trinajstić information content (AvgIpc) is 2.02. The Labute approximate surface area is 111 Å². The third-order valence-corrected chi connectivity index (χ3v) is 5.34. The molecule has 0 unspecified atom stereocenters. The van der Waals surface area contributed by atoms with Crippen LogP contribution in [-0.2, 0) is 6.61 Å². The van der Waals surface area contributed by atoms with Gasteiger partial charge >= 0.3 is 0 Å². The molecule has 1 aromatic rings. The fourth-order valence-electron chi connectivity index (χ4n) is 0.780. The highest BCUT2D eigenvalue weighted by molar-refractivity contribution is 14.1. The first-order chi connectivity index (χ1) is 5.57. The predicted molar refractivity (Wildman–Crippen MR) is 72.2 cm³/mol. The van der Waals surface area contributed by atoms with Crippen molar-refractivity contribution in [2.24, 2.45) is 0 Å². The zero-order chi connectivity index (χ0) is 9.30. The first-order valence-corrected chi connectivity index (χ1v) is 6.27. The maximum Gasteiger partial charge on any atom is 0.135 e. The number of phenols is 1. The summed E-state index contributed by atoms with van der Waals surface area (Å²) in [4.78, 5) is 0. The van der Waals surface area contributed by atoms with Gasteiger partial charge in [-0.1, -0.05) is 0 Å². The molecule has 0 aromatic heterocycles. The molecule has 1 rings (SSSR count). The number of hydrogen-bond donors (Lipinski definition) is 2. The maximum atomic E-state index is 9.53. The van der Waals surface area contributed by atoms with Gasteiger partial charge in [-0.15, -0.1) is 0 Å². The van der Waals surface area contributed by atoms with Crippen LogP contribution in [-0.4, -0.2) is 10.2 Å². The lowest BCUT2D eigenvalue weighted by atomic mass is 10.2. The van der Waals surface area contributed by atoms with E-state index < -0.39 is 0 Å². The monoisotopic (exact) mass is 502 g/mol. The number of aliphatic hydroxyl groups excluding tert-OH is 1. The van der Waals surface area contributed by atoms with Crippen molar-refractivity contribution >= 4 is 67.8 Å². The van der Waals surface area contributed by atoms with Crippen molar-refractivity contribution in [3.8, 4) is 5.75 Å². The zero-order valence-corrected chi connectivity index (χ0v) is 12.3. The lowest BCUT2D eigenvalue weighted by molar-refractivity contribution is 0.274. The van der Waals surface area contributed by atoms with Crippen molar-refractivity contribution in [3.05, 3.63) is 22.3 Å². The smallest absolute Gasteiger partial charge is 0.135 e. The average molecular weight is 502 g/mol. The topological polar surface area (TPSA) is 40.5 Å². The fourth-order valence-corrected chi connectivity index (χ4v) is 3.23. The van der Waals surface area contributed by atoms with Crippen LogP contribution in [0.1, 0.15) is 5.56 Å². The van der Waals surface area contributed by atoms with Crippen molar-refractivity contribution < 1.29 is 10.2 Å². The van der Waals surface area contributed by atoms with Gasteiger partial charge in [-0.2, -0.15) is 0 Å². The SMILES string of the molecule is OCc1c(O)c(I)cc(I)c1I. The molecular formula is C7H5I3O2. The van der Waals surface area contributed by atoms with Crippen LogP contribution in [0.25, 0.3) is 0 Å². The normalized spacial score (nSPS) is 10.3. The number of halogens is 3. The third kappa shape index (κ3) is 2.15. The van der Waals surface area contributed by atoms with Gasteiger partial charge in [-0.05, 0) is 73.8 Å². The Morgan fingerprint density at radius 1 is 1.17 bits per heavy atom. The molecule has 2 nitrogen and oxygen atoms in total. The second-order valence-corrected chi connectivity index (χ2v) is 5.54. The van der Waals surface area contributed by atoms with E-state index >= 15 is 0 Å². The quantitative estimate of drug-likeness (QED) is 0.459. The molecule has 0 aliphatic carbocycles. The summed E-state index contributed by atoms with van der Waals surface area (Å²) in [6.45, 7) is -0.114. The van der Waals surface area contributed by atoms with Crippen LogP contribution in [0.4, 0.5) is 0 Å². The number of benzene rings is 1. The van der Waals surface area contributed by atoms with Gasteiger partial charge in [0.15, 0.2) is 0 Å². The summed E-state index contributed by atoms with van der Waals surface area (Å²) in [5.41, 5.74) is 0.618. The molecule has 12 heavy (non-hydrogen) atoms. The van der Waals surface area contributed by atoms with Crippen LogP contribution in [0, 0.1) is 10.7 Å². The molecule has 0 spiro atoms. The number of hydrogen-bond acceptors (Lipinski definition) is 2. The van der Waals surface area contributed by atoms with E-state index in [4.69, 9.17) is 5.11 Å². The summed E-state index contributed by atoms with van der Waals surface area (Å²) < 4.78 is 2.76. The van der Waals surface area contributed by atoms with Crippen molar-refractivity contribution in [1.82, 2.24) is 0 Å². The molecule has 0 saturated heterocycles. The Bertz CT molecular complexity index is 286. The minimum absolute atomic E-state index is 0.114. The first kappa shape index (κ1) is 11.2. The molecular weight excluding hydrogens is 497 g/mol. The summed E-state index contributed by atoms with van der Waals surface area (Å²) in [7, 11) is 0. The molecule has 0 atom stereocenters. The van der Waals surface area contributed by atoms with E-state index in [1.54, 1.807) is 0 Å². The second kappa shape index (κ2) is 4.60. The number of aliphatic hydroxyl groups is 1. The Hall–Kier alpha value is 1.17. The maximum absolute atomic E-state index is 9.53. The first-order valence-electron chi connectivity index (χ1n) is 3.04. The van der Waals surface area contributed by atoms with Crippen LogP contribution in [0.5, 0.6) is 5.75 Å². The van der Waals surface area contributed by atoms with Crippen LogP contribution in [0.15, 0.2) is 6.07 Å². The molecule has 0 amide bonds. The van der Waals surface area contributed by atoms with Crippen LogP contribution in [0.3, 0.4) is 0 Å². The van der Waals surface area contributed by atoms with E-state index in [-0.39, 0.29) is 12.4 Å². The molecule has 66 valence electrons. The molecule has 1 aromatic carbocycles. The van der Waals surface area contributed by atoms with Gasteiger partial charge in [0.1, 0.15) is 5.75 Å². The lowest BCUT2D eigenvalue weighted by Gasteiger charge is -2.07. The molecule has 2 N–H and O–H groups in total. The van der Waals surface area contributed by atoms with Gasteiger partial charge in [0.2, 0.25) is 0 Å². The van der Waals surface area contributed by atoms with Crippen LogP contribution in [0.2, 0.25) is 0 Å². The summed E-state index contributed by atoms with van der Waals surface area (Å²) in [5, 5.41) is 18.5. The molecule has 0 saturated carbocycles. The Balaban J connectivity index is 3.42. The predicted octanol–water partition coefficient (Wildman–Crippen LogP) is 2.70. The van der Waals surface area contributed by atoms with E-state index in [0.717, 1.165) is 10.7 Å². The Kier molecular flexibility index (Phi) is 4.31. The van der Waals surface area contributed by atoms with Crippen LogP contribution < -0.4 is 0 Å². The van der Waals surface area contributed by atoms with E-state index in [0.29, 0.717) is 5.56 Å². The fraction of sp³-hybridized carbons (Fsp3) is 0.143. The van der Waals surface area contributed by atoms with E-state index in [1.165, 1.54) is 0 Å². The summed E-state index contributed by atoms with van der Waals surface area (Å²) in [5.74, 6) is 0.197. The van der Waals surface area contributed by atoms with Crippen molar-refractivity contribution in [2.45, 2.75) is 6.61 Å². The molecule has 0 heterocycles. The second-order valence-electron chi connectivity index (χ2n) is 2.14. The molecule has 0 radical (unpaired) electrons. The highest BCUT2D eigenvalue weighted by Gasteiger charge is 2.11. The van der Waals surface area contributed by atoms with Gasteiger partial charge in [-0.25, -0.2) is 0 Å². The summed E-state index contributed by atoms with van der Waals surface area (Å²) >= 11 is 6.34. The van der Waals surface area contributed by atoms with Gasteiger partial charge < -0.3 is 10.2 Å². The summed E-state index contributed by atoms with van der Waals surface area (Å²) in [6.07, 6.45) is 0. The van der Waals surface area contributed by atoms with Gasteiger partial charge in [0.05, 0.1) is 10.2 Å². The number of aromatic hydroxyl groups is 1. The van der Waals surface area contributed by atoms with E-state index in [1.807, 2.05) is 28.7 Å². The van der Waals surface area contributed by atoms with Gasteiger partial charge in [0.25, 0.3) is 0 Å².